The number of aromatic nitrogens is 1. The molecule has 0 aromatic carbocycles. The number of nitrogens with one attached hydrogen (secondary N) is 1. The number of primary amides is 1. The molecular weight excluding hydrogens is 240 g/mol. The van der Waals surface area contributed by atoms with Crippen molar-refractivity contribution in [3.8, 4) is 0 Å². The Morgan fingerprint density at radius 1 is 1.42 bits per heavy atom. The van der Waals surface area contributed by atoms with E-state index in [-0.39, 0.29) is 0 Å². The minimum absolute atomic E-state index is 0.327. The smallest absolute Gasteiger partial charge is 0.267 e. The first-order valence-electron chi connectivity index (χ1n) is 6.77. The van der Waals surface area contributed by atoms with E-state index in [2.05, 4.69) is 22.2 Å². The lowest BCUT2D eigenvalue weighted by atomic mass is 9.90. The Hall–Kier alpha value is -1.62. The molecule has 1 amide bonds. The molecule has 1 saturated carbocycles. The zero-order valence-electron chi connectivity index (χ0n) is 11.6. The number of hydrogen-bond acceptors (Lipinski definition) is 4. The quantitative estimate of drug-likeness (QED) is 0.854. The van der Waals surface area contributed by atoms with Gasteiger partial charge in [0.25, 0.3) is 5.91 Å². The van der Waals surface area contributed by atoms with Crippen LogP contribution in [0.1, 0.15) is 36.2 Å². The Balaban J connectivity index is 2.05. The summed E-state index contributed by atoms with van der Waals surface area (Å²) in [6.45, 7) is 0. The molecule has 0 spiro atoms. The first-order chi connectivity index (χ1) is 9.11. The summed E-state index contributed by atoms with van der Waals surface area (Å²) in [4.78, 5) is 17.4. The van der Waals surface area contributed by atoms with Crippen molar-refractivity contribution in [3.05, 3.63) is 24.0 Å². The first kappa shape index (κ1) is 13.8. The fraction of sp³-hybridized carbons (Fsp3) is 0.571. The molecule has 0 bridgehead atoms. The Morgan fingerprint density at radius 2 is 2.11 bits per heavy atom. The van der Waals surface area contributed by atoms with Crippen LogP contribution in [0.15, 0.2) is 18.3 Å². The lowest BCUT2D eigenvalue weighted by molar-refractivity contribution is 0.0995. The van der Waals surface area contributed by atoms with Crippen molar-refractivity contribution in [3.63, 3.8) is 0 Å². The summed E-state index contributed by atoms with van der Waals surface area (Å²) in [6, 6.07) is 4.86. The summed E-state index contributed by atoms with van der Waals surface area (Å²) >= 11 is 0. The number of amides is 1. The topological polar surface area (TPSA) is 71.2 Å². The monoisotopic (exact) mass is 262 g/mol. The lowest BCUT2D eigenvalue weighted by Crippen LogP contribution is -2.40. The van der Waals surface area contributed by atoms with E-state index in [0.29, 0.717) is 17.8 Å². The lowest BCUT2D eigenvalue weighted by Gasteiger charge is -2.36. The number of anilines is 1. The molecule has 0 radical (unpaired) electrons. The standard InChI is InChI=1S/C14H22N4O/c1-16-10-3-5-11(6-4-10)18(2)12-7-8-17-13(9-12)14(15)19/h7-11,16H,3-6H2,1-2H3,(H2,15,19). The highest BCUT2D eigenvalue weighted by Crippen LogP contribution is 2.26. The molecule has 1 heterocycles. The minimum Gasteiger partial charge on any atom is -0.372 e. The van der Waals surface area contributed by atoms with E-state index in [1.807, 2.05) is 13.1 Å². The van der Waals surface area contributed by atoms with Gasteiger partial charge in [-0.05, 0) is 44.9 Å². The van der Waals surface area contributed by atoms with E-state index in [1.165, 1.54) is 12.8 Å². The molecule has 1 fully saturated rings. The van der Waals surface area contributed by atoms with Crippen molar-refractivity contribution in [1.82, 2.24) is 10.3 Å². The third kappa shape index (κ3) is 3.23. The molecule has 1 aliphatic rings. The molecule has 5 nitrogen and oxygen atoms in total. The van der Waals surface area contributed by atoms with Gasteiger partial charge in [-0.15, -0.1) is 0 Å². The van der Waals surface area contributed by atoms with Crippen LogP contribution in [0.2, 0.25) is 0 Å². The molecule has 0 aliphatic heterocycles. The fourth-order valence-electron chi connectivity index (χ4n) is 2.74. The summed E-state index contributed by atoms with van der Waals surface area (Å²) in [5.74, 6) is -0.478. The van der Waals surface area contributed by atoms with Crippen LogP contribution in [-0.4, -0.2) is 37.1 Å². The highest BCUT2D eigenvalue weighted by Gasteiger charge is 2.23. The maximum Gasteiger partial charge on any atom is 0.267 e. The Labute approximate surface area is 114 Å². The molecule has 0 atom stereocenters. The van der Waals surface area contributed by atoms with Gasteiger partial charge in [0.1, 0.15) is 5.69 Å². The predicted octanol–water partition coefficient (Wildman–Crippen LogP) is 1.15. The average molecular weight is 262 g/mol. The van der Waals surface area contributed by atoms with Crippen LogP contribution in [0.3, 0.4) is 0 Å². The number of carbonyl (C=O) groups is 1. The molecule has 1 aromatic rings. The van der Waals surface area contributed by atoms with Crippen molar-refractivity contribution >= 4 is 11.6 Å². The molecule has 0 unspecified atom stereocenters. The summed E-state index contributed by atoms with van der Waals surface area (Å²) < 4.78 is 0. The summed E-state index contributed by atoms with van der Waals surface area (Å²) in [7, 11) is 4.10. The zero-order valence-corrected chi connectivity index (χ0v) is 11.6. The molecule has 104 valence electrons. The van der Waals surface area contributed by atoms with Crippen LogP contribution >= 0.6 is 0 Å². The van der Waals surface area contributed by atoms with Crippen LogP contribution in [0, 0.1) is 0 Å². The van der Waals surface area contributed by atoms with Gasteiger partial charge in [0.15, 0.2) is 0 Å². The zero-order chi connectivity index (χ0) is 13.8. The van der Waals surface area contributed by atoms with E-state index < -0.39 is 5.91 Å². The van der Waals surface area contributed by atoms with Crippen molar-refractivity contribution < 1.29 is 4.79 Å². The summed E-state index contributed by atoms with van der Waals surface area (Å²) in [5.41, 5.74) is 6.61. The molecule has 19 heavy (non-hydrogen) atoms. The average Bonchev–Trinajstić information content (AvgIpc) is 2.46. The maximum atomic E-state index is 11.2. The Kier molecular flexibility index (Phi) is 4.37. The second-order valence-electron chi connectivity index (χ2n) is 5.17. The molecule has 1 aliphatic carbocycles. The van der Waals surface area contributed by atoms with Crippen molar-refractivity contribution in [2.45, 2.75) is 37.8 Å². The first-order valence-corrected chi connectivity index (χ1v) is 6.77. The van der Waals surface area contributed by atoms with Gasteiger partial charge in [-0.2, -0.15) is 0 Å². The maximum absolute atomic E-state index is 11.2. The van der Waals surface area contributed by atoms with Gasteiger partial charge in [0.2, 0.25) is 0 Å². The summed E-state index contributed by atoms with van der Waals surface area (Å²) in [5, 5.41) is 3.34. The SMILES string of the molecule is CNC1CCC(N(C)c2ccnc(C(N)=O)c2)CC1. The number of nitrogens with two attached hydrogens (primary N) is 1. The summed E-state index contributed by atoms with van der Waals surface area (Å²) in [6.07, 6.45) is 6.36. The van der Waals surface area contributed by atoms with Gasteiger partial charge < -0.3 is 16.0 Å². The number of hydrogen-bond donors (Lipinski definition) is 2. The largest absolute Gasteiger partial charge is 0.372 e. The van der Waals surface area contributed by atoms with Crippen LogP contribution in [0.5, 0.6) is 0 Å². The molecule has 1 aromatic heterocycles. The van der Waals surface area contributed by atoms with E-state index in [4.69, 9.17) is 5.73 Å². The van der Waals surface area contributed by atoms with Crippen molar-refractivity contribution in [2.75, 3.05) is 19.0 Å². The molecular formula is C14H22N4O. The van der Waals surface area contributed by atoms with E-state index in [0.717, 1.165) is 18.5 Å². The van der Waals surface area contributed by atoms with Gasteiger partial charge in [-0.1, -0.05) is 0 Å². The third-order valence-corrected chi connectivity index (χ3v) is 4.06. The molecule has 5 heteroatoms. The van der Waals surface area contributed by atoms with Crippen molar-refractivity contribution in [2.24, 2.45) is 5.73 Å². The van der Waals surface area contributed by atoms with Crippen LogP contribution in [0.4, 0.5) is 5.69 Å². The molecule has 0 saturated heterocycles. The highest BCUT2D eigenvalue weighted by molar-refractivity contribution is 5.91. The van der Waals surface area contributed by atoms with Gasteiger partial charge >= 0.3 is 0 Å². The van der Waals surface area contributed by atoms with Crippen LogP contribution in [0.25, 0.3) is 0 Å². The van der Waals surface area contributed by atoms with Crippen LogP contribution in [-0.2, 0) is 0 Å². The molecule has 2 rings (SSSR count). The fourth-order valence-corrected chi connectivity index (χ4v) is 2.74. The number of rotatable bonds is 4. The minimum atomic E-state index is -0.478. The second kappa shape index (κ2) is 6.02. The highest BCUT2D eigenvalue weighted by atomic mass is 16.1. The van der Waals surface area contributed by atoms with Gasteiger partial charge in [0.05, 0.1) is 0 Å². The Morgan fingerprint density at radius 3 is 2.68 bits per heavy atom. The predicted molar refractivity (Wildman–Crippen MR) is 76.3 cm³/mol. The van der Waals surface area contributed by atoms with Crippen LogP contribution < -0.4 is 16.0 Å². The van der Waals surface area contributed by atoms with Crippen molar-refractivity contribution in [1.29, 1.82) is 0 Å². The van der Waals surface area contributed by atoms with Gasteiger partial charge in [-0.25, -0.2) is 0 Å². The van der Waals surface area contributed by atoms with Gasteiger partial charge in [-0.3, -0.25) is 9.78 Å². The number of carbonyl (C=O) groups excluding carboxylic acids is 1. The molecule has 3 N–H and O–H groups in total. The number of pyridine rings is 1. The van der Waals surface area contributed by atoms with Gasteiger partial charge in [0, 0.05) is 31.0 Å². The third-order valence-electron chi connectivity index (χ3n) is 4.06. The Bertz CT molecular complexity index is 441. The van der Waals surface area contributed by atoms with E-state index in [1.54, 1.807) is 12.3 Å². The second-order valence-corrected chi connectivity index (χ2v) is 5.17. The normalized spacial score (nSPS) is 23.1. The number of nitrogens with zero attached hydrogens (tertiary/aromatic N) is 2. The van der Waals surface area contributed by atoms with E-state index >= 15 is 0 Å². The van der Waals surface area contributed by atoms with E-state index in [9.17, 15) is 4.79 Å².